The average molecular weight is 515 g/mol. The van der Waals surface area contributed by atoms with Crippen molar-refractivity contribution in [3.8, 4) is 0 Å². The lowest BCUT2D eigenvalue weighted by atomic mass is 9.68. The number of amides is 2. The van der Waals surface area contributed by atoms with Crippen LogP contribution in [0, 0.1) is 24.7 Å². The third-order valence-electron chi connectivity index (χ3n) is 6.67. The molecule has 0 bridgehead atoms. The molecule has 2 aromatic rings. The monoisotopic (exact) mass is 514 g/mol. The number of carbonyl (C=O) groups excluding carboxylic acids is 3. The van der Waals surface area contributed by atoms with E-state index in [2.05, 4.69) is 5.32 Å². The van der Waals surface area contributed by atoms with Crippen LogP contribution in [0.5, 0.6) is 0 Å². The second kappa shape index (κ2) is 10.8. The molecule has 0 radical (unpaired) electrons. The molecule has 1 aliphatic heterocycles. The second-order valence-corrected chi connectivity index (χ2v) is 9.80. The van der Waals surface area contributed by atoms with Crippen molar-refractivity contribution < 1.29 is 18.8 Å². The van der Waals surface area contributed by atoms with Gasteiger partial charge in [0.15, 0.2) is 0 Å². The molecule has 8 heteroatoms. The van der Waals surface area contributed by atoms with Crippen molar-refractivity contribution in [1.29, 1.82) is 0 Å². The summed E-state index contributed by atoms with van der Waals surface area (Å²) in [4.78, 5) is 40.0. The zero-order chi connectivity index (χ0) is 25.1. The number of anilines is 1. The minimum Gasteiger partial charge on any atom is -0.326 e. The third-order valence-corrected chi connectivity index (χ3v) is 7.16. The molecule has 0 saturated carbocycles. The van der Waals surface area contributed by atoms with Crippen molar-refractivity contribution in [2.45, 2.75) is 25.8 Å². The number of allylic oxidation sites excluding steroid dienone is 4. The van der Waals surface area contributed by atoms with Gasteiger partial charge in [0, 0.05) is 22.2 Å². The predicted molar refractivity (Wildman–Crippen MR) is 135 cm³/mol. The fraction of sp³-hybridized carbons (Fsp3) is 0.296. The molecule has 182 valence electrons. The standard InChI is InChI=1S/C27H25Cl2FN2O3/c1-16-6-2-3-11-21(16)26-25(27(35)31-20-10-5-9-19(29)13-20)22(17-7-4-8-18(28)12-17)14-24(34)32(26)15-23(30)33/h2-6,8-13,17,22,25-26H,7,14-15H2,1H3,(H,31,35)/t17?,22-,25-,26-/m0/s1. The van der Waals surface area contributed by atoms with Gasteiger partial charge in [-0.2, -0.15) is 4.39 Å². The SMILES string of the molecule is Cc1ccccc1[C@H]1[C@@H](C(=O)Nc2cccc(Cl)c2)[C@H](C2C=C(Cl)C=CC2)CC(=O)N1CC(=O)F. The Bertz CT molecular complexity index is 1210. The second-order valence-electron chi connectivity index (χ2n) is 8.93. The van der Waals surface area contributed by atoms with E-state index in [1.807, 2.05) is 37.3 Å². The topological polar surface area (TPSA) is 66.5 Å². The molecular weight excluding hydrogens is 490 g/mol. The Kier molecular flexibility index (Phi) is 7.72. The van der Waals surface area contributed by atoms with Crippen LogP contribution < -0.4 is 5.32 Å². The van der Waals surface area contributed by atoms with E-state index in [9.17, 15) is 18.8 Å². The van der Waals surface area contributed by atoms with Crippen LogP contribution in [0.2, 0.25) is 5.02 Å². The van der Waals surface area contributed by atoms with Crippen LogP contribution in [0.4, 0.5) is 10.1 Å². The molecule has 0 spiro atoms. The lowest BCUT2D eigenvalue weighted by Crippen LogP contribution is -2.53. The first-order valence-electron chi connectivity index (χ1n) is 11.4. The van der Waals surface area contributed by atoms with Crippen LogP contribution in [0.25, 0.3) is 0 Å². The Morgan fingerprint density at radius 1 is 1.14 bits per heavy atom. The Morgan fingerprint density at radius 2 is 1.91 bits per heavy atom. The highest BCUT2D eigenvalue weighted by Crippen LogP contribution is 2.46. The van der Waals surface area contributed by atoms with Crippen LogP contribution in [-0.4, -0.2) is 29.3 Å². The minimum absolute atomic E-state index is 0.0114. The third kappa shape index (κ3) is 5.65. The summed E-state index contributed by atoms with van der Waals surface area (Å²) >= 11 is 12.4. The normalized spacial score (nSPS) is 24.2. The van der Waals surface area contributed by atoms with Gasteiger partial charge in [-0.25, -0.2) is 0 Å². The van der Waals surface area contributed by atoms with Gasteiger partial charge in [-0.1, -0.05) is 65.7 Å². The number of likely N-dealkylation sites (tertiary alicyclic amines) is 1. The fourth-order valence-corrected chi connectivity index (χ4v) is 5.58. The number of halogens is 3. The summed E-state index contributed by atoms with van der Waals surface area (Å²) in [5.41, 5.74) is 2.03. The number of hydrogen-bond acceptors (Lipinski definition) is 3. The Hall–Kier alpha value is -2.96. The number of benzene rings is 2. The molecule has 1 fully saturated rings. The summed E-state index contributed by atoms with van der Waals surface area (Å²) < 4.78 is 13.7. The smallest absolute Gasteiger partial charge is 0.320 e. The van der Waals surface area contributed by atoms with E-state index >= 15 is 0 Å². The van der Waals surface area contributed by atoms with Crippen LogP contribution in [0.1, 0.15) is 30.0 Å². The van der Waals surface area contributed by atoms with E-state index < -0.39 is 30.5 Å². The molecule has 1 unspecified atom stereocenters. The van der Waals surface area contributed by atoms with Gasteiger partial charge in [0.05, 0.1) is 12.0 Å². The molecule has 4 atom stereocenters. The quantitative estimate of drug-likeness (QED) is 0.481. The average Bonchev–Trinajstić information content (AvgIpc) is 2.80. The van der Waals surface area contributed by atoms with Gasteiger partial charge in [-0.05, 0) is 60.6 Å². The van der Waals surface area contributed by atoms with E-state index in [-0.39, 0.29) is 24.2 Å². The van der Waals surface area contributed by atoms with Gasteiger partial charge in [0.25, 0.3) is 0 Å². The highest BCUT2D eigenvalue weighted by Gasteiger charge is 2.49. The molecule has 1 aliphatic carbocycles. The van der Waals surface area contributed by atoms with Crippen molar-refractivity contribution in [2.75, 3.05) is 11.9 Å². The van der Waals surface area contributed by atoms with Crippen LogP contribution in [-0.2, 0) is 14.4 Å². The van der Waals surface area contributed by atoms with Crippen LogP contribution in [0.15, 0.2) is 71.8 Å². The van der Waals surface area contributed by atoms with E-state index in [4.69, 9.17) is 23.2 Å². The van der Waals surface area contributed by atoms with Crippen molar-refractivity contribution in [1.82, 2.24) is 4.90 Å². The van der Waals surface area contributed by atoms with Crippen LogP contribution >= 0.6 is 23.2 Å². The van der Waals surface area contributed by atoms with Gasteiger partial charge < -0.3 is 10.2 Å². The van der Waals surface area contributed by atoms with Gasteiger partial charge in [-0.15, -0.1) is 0 Å². The summed E-state index contributed by atoms with van der Waals surface area (Å²) in [5.74, 6) is -2.09. The molecule has 2 amide bonds. The molecule has 35 heavy (non-hydrogen) atoms. The molecule has 2 aliphatic rings. The predicted octanol–water partition coefficient (Wildman–Crippen LogP) is 5.99. The fourth-order valence-electron chi connectivity index (χ4n) is 5.14. The number of hydrogen-bond donors (Lipinski definition) is 1. The maximum Gasteiger partial charge on any atom is 0.320 e. The first-order chi connectivity index (χ1) is 16.7. The first kappa shape index (κ1) is 25.1. The summed E-state index contributed by atoms with van der Waals surface area (Å²) in [6.45, 7) is 1.15. The Morgan fingerprint density at radius 3 is 2.60 bits per heavy atom. The number of piperidine rings is 1. The number of carbonyl (C=O) groups is 3. The number of nitrogens with zero attached hydrogens (tertiary/aromatic N) is 1. The Labute approximate surface area is 213 Å². The zero-order valence-electron chi connectivity index (χ0n) is 19.1. The highest BCUT2D eigenvalue weighted by atomic mass is 35.5. The molecule has 1 heterocycles. The van der Waals surface area contributed by atoms with Crippen molar-refractivity contribution in [3.63, 3.8) is 0 Å². The van der Waals surface area contributed by atoms with Gasteiger partial charge in [0.1, 0.15) is 6.54 Å². The van der Waals surface area contributed by atoms with E-state index in [1.54, 1.807) is 36.4 Å². The van der Waals surface area contributed by atoms with Crippen molar-refractivity contribution >= 4 is 46.7 Å². The first-order valence-corrected chi connectivity index (χ1v) is 12.1. The maximum absolute atomic E-state index is 13.9. The van der Waals surface area contributed by atoms with E-state index in [0.29, 0.717) is 27.7 Å². The molecule has 1 N–H and O–H groups in total. The van der Waals surface area contributed by atoms with Crippen LogP contribution in [0.3, 0.4) is 0 Å². The zero-order valence-corrected chi connectivity index (χ0v) is 20.6. The van der Waals surface area contributed by atoms with E-state index in [0.717, 1.165) is 5.56 Å². The molecule has 5 nitrogen and oxygen atoms in total. The number of rotatable bonds is 6. The van der Waals surface area contributed by atoms with Crippen molar-refractivity contribution in [3.05, 3.63) is 87.9 Å². The molecule has 0 aromatic heterocycles. The van der Waals surface area contributed by atoms with Crippen molar-refractivity contribution in [2.24, 2.45) is 17.8 Å². The maximum atomic E-state index is 13.9. The summed E-state index contributed by atoms with van der Waals surface area (Å²) in [6.07, 6.45) is 6.17. The molecule has 1 saturated heterocycles. The summed E-state index contributed by atoms with van der Waals surface area (Å²) in [5, 5.41) is 3.93. The molecule has 2 aromatic carbocycles. The highest BCUT2D eigenvalue weighted by molar-refractivity contribution is 6.31. The lowest BCUT2D eigenvalue weighted by molar-refractivity contribution is -0.152. The number of aryl methyl sites for hydroxylation is 1. The van der Waals surface area contributed by atoms with Gasteiger partial charge in [0.2, 0.25) is 11.8 Å². The summed E-state index contributed by atoms with van der Waals surface area (Å²) in [6, 6.07) is 11.6. The largest absolute Gasteiger partial charge is 0.326 e. The summed E-state index contributed by atoms with van der Waals surface area (Å²) in [7, 11) is 0. The van der Waals surface area contributed by atoms with Gasteiger partial charge in [-0.3, -0.25) is 14.4 Å². The number of nitrogens with one attached hydrogen (secondary N) is 1. The van der Waals surface area contributed by atoms with Gasteiger partial charge >= 0.3 is 6.04 Å². The molecular formula is C27H25Cl2FN2O3. The molecule has 4 rings (SSSR count). The minimum atomic E-state index is -1.63. The lowest BCUT2D eigenvalue weighted by Gasteiger charge is -2.46. The Balaban J connectivity index is 1.83. The van der Waals surface area contributed by atoms with E-state index in [1.165, 1.54) is 4.90 Å².